The number of thioether (sulfide) groups is 2. The molecular weight excluding hydrogens is 887 g/mol. The van der Waals surface area contributed by atoms with Gasteiger partial charge in [0, 0.05) is 62.0 Å². The van der Waals surface area contributed by atoms with Crippen molar-refractivity contribution in [3.05, 3.63) is 65.2 Å². The van der Waals surface area contributed by atoms with Crippen molar-refractivity contribution in [1.82, 2.24) is 47.4 Å². The van der Waals surface area contributed by atoms with Gasteiger partial charge in [0.05, 0.1) is 39.3 Å². The molecule has 0 spiro atoms. The quantitative estimate of drug-likeness (QED) is 0.0414. The van der Waals surface area contributed by atoms with E-state index in [2.05, 4.69) is 48.6 Å². The average molecular weight is 956 g/mol. The number of carbonyl (C=O) groups is 8. The van der Waals surface area contributed by atoms with E-state index in [0.717, 1.165) is 22.4 Å². The topological polar surface area (TPSA) is 245 Å². The standard InChI is InChI=1S/C46H69N9O9S2/c1-45(2,3)37(29-56)54-42(61)28-50-38(57)15-21-65-30-33-9-7-10-34(23-33)31-66-22-19-49-44(63)46(4)16-8-20-55(46)43(62)36(24-32-11-13-35(64-6)14-12-32)53-41(60)27-52-40(59)26-51-39(58)25-48-18-17-47-5/h7,9-14,23,29,36-37,47-48H,8,15-22,24-28,30-31H2,1-6H3,(H,49,63)(H,50,57)(H,51,58)(H,52,59)(H,53,60)(H,54,61)/t36-,37-,46-/m1/s1. The molecule has 18 nitrogen and oxygen atoms in total. The average Bonchev–Trinajstić information content (AvgIpc) is 3.70. The van der Waals surface area contributed by atoms with Gasteiger partial charge in [0.15, 0.2) is 0 Å². The number of benzene rings is 2. The molecule has 1 fully saturated rings. The Kier molecular flexibility index (Phi) is 24.0. The van der Waals surface area contributed by atoms with E-state index in [-0.39, 0.29) is 50.2 Å². The van der Waals surface area contributed by atoms with Gasteiger partial charge in [0.25, 0.3) is 0 Å². The number of carbonyl (C=O) groups excluding carboxylic acids is 8. The molecule has 66 heavy (non-hydrogen) atoms. The Balaban J connectivity index is 1.46. The molecule has 1 aliphatic heterocycles. The fraction of sp³-hybridized carbons (Fsp3) is 0.565. The molecule has 0 radical (unpaired) electrons. The lowest BCUT2D eigenvalue weighted by Gasteiger charge is -2.36. The van der Waals surface area contributed by atoms with Gasteiger partial charge in [-0.15, -0.1) is 0 Å². The number of amides is 7. The van der Waals surface area contributed by atoms with Gasteiger partial charge in [-0.1, -0.05) is 57.2 Å². The van der Waals surface area contributed by atoms with Crippen LogP contribution in [-0.2, 0) is 56.3 Å². The largest absolute Gasteiger partial charge is 0.497 e. The minimum Gasteiger partial charge on any atom is -0.497 e. The molecule has 1 aliphatic rings. The zero-order valence-corrected chi connectivity index (χ0v) is 40.7. The van der Waals surface area contributed by atoms with Crippen molar-refractivity contribution in [1.29, 1.82) is 0 Å². The first-order valence-electron chi connectivity index (χ1n) is 22.1. The molecule has 0 unspecified atom stereocenters. The third-order valence-electron chi connectivity index (χ3n) is 10.7. The van der Waals surface area contributed by atoms with Crippen LogP contribution in [0.4, 0.5) is 0 Å². The fourth-order valence-electron chi connectivity index (χ4n) is 6.81. The summed E-state index contributed by atoms with van der Waals surface area (Å²) in [5.74, 6) is 0.379. The van der Waals surface area contributed by atoms with Crippen molar-refractivity contribution in [2.45, 2.75) is 82.5 Å². The highest BCUT2D eigenvalue weighted by Crippen LogP contribution is 2.31. The van der Waals surface area contributed by atoms with Crippen LogP contribution in [0.15, 0.2) is 48.5 Å². The number of nitrogens with one attached hydrogen (secondary N) is 8. The second-order valence-electron chi connectivity index (χ2n) is 17.1. The minimum atomic E-state index is -1.15. The van der Waals surface area contributed by atoms with E-state index in [1.165, 1.54) is 4.90 Å². The molecule has 0 aliphatic carbocycles. The number of likely N-dealkylation sites (tertiary alicyclic amines) is 1. The Morgan fingerprint density at radius 2 is 1.36 bits per heavy atom. The number of rotatable bonds is 29. The second kappa shape index (κ2) is 28.8. The molecule has 1 saturated heterocycles. The summed E-state index contributed by atoms with van der Waals surface area (Å²) < 4.78 is 5.27. The van der Waals surface area contributed by atoms with Crippen molar-refractivity contribution < 1.29 is 43.1 Å². The van der Waals surface area contributed by atoms with E-state index in [9.17, 15) is 38.4 Å². The van der Waals surface area contributed by atoms with Gasteiger partial charge in [-0.3, -0.25) is 33.6 Å². The molecule has 2 aromatic carbocycles. The van der Waals surface area contributed by atoms with E-state index in [1.54, 1.807) is 68.9 Å². The molecule has 2 aromatic rings. The summed E-state index contributed by atoms with van der Waals surface area (Å²) in [6.45, 7) is 8.37. The molecule has 8 N–H and O–H groups in total. The minimum absolute atomic E-state index is 0.0393. The van der Waals surface area contributed by atoms with E-state index in [1.807, 2.05) is 39.0 Å². The number of nitrogens with zero attached hydrogens (tertiary/aromatic N) is 1. The van der Waals surface area contributed by atoms with Crippen LogP contribution < -0.4 is 47.3 Å². The lowest BCUT2D eigenvalue weighted by molar-refractivity contribution is -0.146. The third kappa shape index (κ3) is 19.7. The molecule has 0 aromatic heterocycles. The molecule has 7 amide bonds. The van der Waals surface area contributed by atoms with Gasteiger partial charge >= 0.3 is 0 Å². The lowest BCUT2D eigenvalue weighted by atomic mass is 9.88. The molecule has 0 bridgehead atoms. The number of likely N-dealkylation sites (N-methyl/N-ethyl adjacent to an activating group) is 1. The van der Waals surface area contributed by atoms with Crippen LogP contribution in [-0.4, -0.2) is 148 Å². The van der Waals surface area contributed by atoms with Gasteiger partial charge in [-0.25, -0.2) is 0 Å². The summed E-state index contributed by atoms with van der Waals surface area (Å²) in [5.41, 5.74) is 1.42. The van der Waals surface area contributed by atoms with Crippen LogP contribution in [0.1, 0.15) is 63.6 Å². The summed E-state index contributed by atoms with van der Waals surface area (Å²) in [5, 5.41) is 21.9. The van der Waals surface area contributed by atoms with Crippen molar-refractivity contribution in [2.24, 2.45) is 5.41 Å². The molecule has 3 atom stereocenters. The highest BCUT2D eigenvalue weighted by atomic mass is 32.2. The molecule has 20 heteroatoms. The van der Waals surface area contributed by atoms with Gasteiger partial charge in [0.1, 0.15) is 23.6 Å². The highest BCUT2D eigenvalue weighted by molar-refractivity contribution is 7.98. The Morgan fingerprint density at radius 3 is 1.98 bits per heavy atom. The normalized spacial score (nSPS) is 15.5. The fourth-order valence-corrected chi connectivity index (χ4v) is 8.50. The highest BCUT2D eigenvalue weighted by Gasteiger charge is 2.47. The first-order valence-corrected chi connectivity index (χ1v) is 24.5. The molecule has 1 heterocycles. The molecule has 3 rings (SSSR count). The summed E-state index contributed by atoms with van der Waals surface area (Å²) in [7, 11) is 3.34. The van der Waals surface area contributed by atoms with Crippen molar-refractivity contribution >= 4 is 71.2 Å². The molecular formula is C46H69N9O9S2. The van der Waals surface area contributed by atoms with E-state index < -0.39 is 53.2 Å². The summed E-state index contributed by atoms with van der Waals surface area (Å²) >= 11 is 3.28. The zero-order valence-electron chi connectivity index (χ0n) is 39.1. The van der Waals surface area contributed by atoms with Crippen molar-refractivity contribution in [3.63, 3.8) is 0 Å². The third-order valence-corrected chi connectivity index (χ3v) is 12.8. The number of hydrogen-bond acceptors (Lipinski definition) is 13. The number of aldehydes is 1. The number of methoxy groups -OCH3 is 1. The van der Waals surface area contributed by atoms with Crippen LogP contribution in [0.25, 0.3) is 0 Å². The Hall–Kier alpha value is -5.18. The molecule has 0 saturated carbocycles. The van der Waals surface area contributed by atoms with Gasteiger partial charge < -0.3 is 57.0 Å². The maximum atomic E-state index is 14.3. The predicted molar refractivity (Wildman–Crippen MR) is 258 cm³/mol. The van der Waals surface area contributed by atoms with E-state index in [4.69, 9.17) is 4.74 Å². The van der Waals surface area contributed by atoms with Gasteiger partial charge in [0.2, 0.25) is 41.4 Å². The SMILES string of the molecule is CNCCNCC(=O)NCC(=O)NCC(=O)N[C@H](Cc1ccc(OC)cc1)C(=O)N1CCC[C@]1(C)C(=O)NCCSCc1cccc(CSCCC(=O)NCC(=O)N[C@H](C=O)C(C)(C)C)c1. The monoisotopic (exact) mass is 955 g/mol. The number of hydrogen-bond donors (Lipinski definition) is 8. The summed E-state index contributed by atoms with van der Waals surface area (Å²) in [4.78, 5) is 103. The van der Waals surface area contributed by atoms with Crippen molar-refractivity contribution in [2.75, 3.05) is 78.0 Å². The maximum absolute atomic E-state index is 14.3. The summed E-state index contributed by atoms with van der Waals surface area (Å²) in [6, 6.07) is 13.6. The van der Waals surface area contributed by atoms with Crippen molar-refractivity contribution in [3.8, 4) is 5.75 Å². The Bertz CT molecular complexity index is 1930. The Labute approximate surface area is 397 Å². The first-order chi connectivity index (χ1) is 31.5. The van der Waals surface area contributed by atoms with Crippen LogP contribution >= 0.6 is 23.5 Å². The first kappa shape index (κ1) is 55.1. The summed E-state index contributed by atoms with van der Waals surface area (Å²) in [6.07, 6.45) is 2.13. The predicted octanol–water partition coefficient (Wildman–Crippen LogP) is 0.664. The van der Waals surface area contributed by atoms with E-state index in [0.29, 0.717) is 68.3 Å². The lowest BCUT2D eigenvalue weighted by Crippen LogP contribution is -2.60. The van der Waals surface area contributed by atoms with Crippen LogP contribution in [0.2, 0.25) is 0 Å². The van der Waals surface area contributed by atoms with E-state index >= 15 is 0 Å². The van der Waals surface area contributed by atoms with Gasteiger partial charge in [-0.2, -0.15) is 23.5 Å². The number of ether oxygens (including phenoxy) is 1. The van der Waals surface area contributed by atoms with Crippen LogP contribution in [0, 0.1) is 5.41 Å². The van der Waals surface area contributed by atoms with Crippen LogP contribution in [0.5, 0.6) is 5.75 Å². The second-order valence-corrected chi connectivity index (χ2v) is 19.3. The Morgan fingerprint density at radius 1 is 0.758 bits per heavy atom. The molecule has 364 valence electrons. The maximum Gasteiger partial charge on any atom is 0.246 e. The van der Waals surface area contributed by atoms with Crippen LogP contribution in [0.3, 0.4) is 0 Å². The zero-order chi connectivity index (χ0) is 48.5. The van der Waals surface area contributed by atoms with Gasteiger partial charge in [-0.05, 0) is 61.1 Å². The smallest absolute Gasteiger partial charge is 0.246 e.